The first-order valence-electron chi connectivity index (χ1n) is 12.6. The molecule has 8 nitrogen and oxygen atoms in total. The van der Waals surface area contributed by atoms with Crippen LogP contribution in [0.3, 0.4) is 0 Å². The van der Waals surface area contributed by atoms with Gasteiger partial charge in [-0.05, 0) is 43.8 Å². The van der Waals surface area contributed by atoms with Crippen molar-refractivity contribution in [1.29, 1.82) is 0 Å². The minimum atomic E-state index is -3.55. The van der Waals surface area contributed by atoms with Crippen LogP contribution >= 0.6 is 0 Å². The van der Waals surface area contributed by atoms with Crippen LogP contribution in [-0.4, -0.2) is 86.6 Å². The van der Waals surface area contributed by atoms with Crippen LogP contribution in [0.1, 0.15) is 53.0 Å². The van der Waals surface area contributed by atoms with E-state index in [2.05, 4.69) is 5.32 Å². The molecule has 0 bridgehead atoms. The van der Waals surface area contributed by atoms with E-state index in [1.807, 2.05) is 79.0 Å². The van der Waals surface area contributed by atoms with Gasteiger partial charge in [-0.2, -0.15) is 4.31 Å². The number of sulfonamides is 1. The average molecular weight is 526 g/mol. The summed E-state index contributed by atoms with van der Waals surface area (Å²) in [5, 5.41) is 14.2. The fraction of sp³-hybridized carbons (Fsp3) is 0.704. The van der Waals surface area contributed by atoms with Gasteiger partial charge in [-0.3, -0.25) is 9.59 Å². The van der Waals surface area contributed by atoms with Crippen molar-refractivity contribution in [3.05, 3.63) is 35.9 Å². The average Bonchev–Trinajstić information content (AvgIpc) is 2.72. The molecule has 1 amide bonds. The molecule has 0 saturated heterocycles. The lowest BCUT2D eigenvalue weighted by Crippen LogP contribution is -2.53. The van der Waals surface area contributed by atoms with E-state index in [9.17, 15) is 23.1 Å². The molecule has 0 aliphatic carbocycles. The Balaban J connectivity index is 3.19. The lowest BCUT2D eigenvalue weighted by molar-refractivity contribution is -0.134. The number of aliphatic hydroxyl groups excluding tert-OH is 1. The molecule has 0 unspecified atom stereocenters. The molecule has 206 valence electrons. The summed E-state index contributed by atoms with van der Waals surface area (Å²) in [6.45, 7) is 10.2. The van der Waals surface area contributed by atoms with Crippen LogP contribution in [0.25, 0.3) is 0 Å². The highest BCUT2D eigenvalue weighted by Crippen LogP contribution is 2.29. The number of nitrogens with zero attached hydrogens (tertiary/aromatic N) is 2. The number of aliphatic hydroxyl groups is 1. The van der Waals surface area contributed by atoms with Gasteiger partial charge in [-0.15, -0.1) is 0 Å². The van der Waals surface area contributed by atoms with Gasteiger partial charge in [0.1, 0.15) is 5.78 Å². The molecule has 0 aliphatic rings. The van der Waals surface area contributed by atoms with Crippen LogP contribution in [0, 0.1) is 17.3 Å². The van der Waals surface area contributed by atoms with E-state index in [1.165, 1.54) is 4.31 Å². The third kappa shape index (κ3) is 12.0. The smallest absolute Gasteiger partial charge is 0.224 e. The number of benzene rings is 1. The fourth-order valence-electron chi connectivity index (χ4n) is 4.00. The molecular formula is C27H47N3O5S. The largest absolute Gasteiger partial charge is 0.390 e. The summed E-state index contributed by atoms with van der Waals surface area (Å²) in [5.74, 6) is -0.643. The Bertz CT molecular complexity index is 926. The standard InChI is InChI=1S/C27H47N3O5S/c1-20(2)14-15-30(36(8,34)35)19-25(32)24(16-21-12-10-9-11-13-21)28-26(33)23(27(3,4)5)17-22(31)18-29(6)7/h9-13,20,23-25,32H,14-19H2,1-8H3,(H,28,33)/t23-,24+,25-/m1/s1. The third-order valence-corrected chi connectivity index (χ3v) is 7.46. The minimum Gasteiger partial charge on any atom is -0.390 e. The van der Waals surface area contributed by atoms with E-state index in [0.717, 1.165) is 11.8 Å². The summed E-state index contributed by atoms with van der Waals surface area (Å²) in [6.07, 6.45) is 1.09. The number of ketones is 1. The van der Waals surface area contributed by atoms with Gasteiger partial charge in [0.05, 0.1) is 24.9 Å². The minimum absolute atomic E-state index is 0.0350. The van der Waals surface area contributed by atoms with E-state index in [1.54, 1.807) is 4.90 Å². The predicted molar refractivity (Wildman–Crippen MR) is 145 cm³/mol. The monoisotopic (exact) mass is 525 g/mol. The van der Waals surface area contributed by atoms with Crippen molar-refractivity contribution in [2.24, 2.45) is 17.3 Å². The highest BCUT2D eigenvalue weighted by atomic mass is 32.2. The maximum atomic E-state index is 13.5. The Kier molecular flexibility index (Phi) is 12.7. The molecule has 1 rings (SSSR count). The lowest BCUT2D eigenvalue weighted by atomic mass is 9.77. The predicted octanol–water partition coefficient (Wildman–Crippen LogP) is 2.57. The van der Waals surface area contributed by atoms with Crippen molar-refractivity contribution < 1.29 is 23.1 Å². The van der Waals surface area contributed by atoms with Crippen LogP contribution in [0.4, 0.5) is 0 Å². The van der Waals surface area contributed by atoms with Crippen molar-refractivity contribution >= 4 is 21.7 Å². The number of Topliss-reactive ketones (excluding diaryl/α,β-unsaturated/α-hetero) is 1. The number of rotatable bonds is 15. The molecular weight excluding hydrogens is 478 g/mol. The summed E-state index contributed by atoms with van der Waals surface area (Å²) in [5.41, 5.74) is 0.426. The Labute approximate surface area is 218 Å². The summed E-state index contributed by atoms with van der Waals surface area (Å²) < 4.78 is 26.1. The third-order valence-electron chi connectivity index (χ3n) is 6.19. The van der Waals surface area contributed by atoms with E-state index < -0.39 is 33.5 Å². The van der Waals surface area contributed by atoms with E-state index in [4.69, 9.17) is 0 Å². The number of carbonyl (C=O) groups excluding carboxylic acids is 2. The lowest BCUT2D eigenvalue weighted by Gasteiger charge is -2.34. The second-order valence-electron chi connectivity index (χ2n) is 11.6. The zero-order valence-corrected chi connectivity index (χ0v) is 24.1. The molecule has 9 heteroatoms. The van der Waals surface area contributed by atoms with Crippen molar-refractivity contribution in [3.8, 4) is 0 Å². The van der Waals surface area contributed by atoms with Gasteiger partial charge in [-0.25, -0.2) is 8.42 Å². The molecule has 1 aromatic rings. The number of amides is 1. The normalized spacial score (nSPS) is 15.2. The van der Waals surface area contributed by atoms with Gasteiger partial charge in [0, 0.05) is 25.4 Å². The summed E-state index contributed by atoms with van der Waals surface area (Å²) in [6, 6.07) is 8.73. The maximum Gasteiger partial charge on any atom is 0.224 e. The van der Waals surface area contributed by atoms with Crippen molar-refractivity contribution in [1.82, 2.24) is 14.5 Å². The highest BCUT2D eigenvalue weighted by Gasteiger charge is 2.36. The second-order valence-corrected chi connectivity index (χ2v) is 13.6. The number of hydrogen-bond donors (Lipinski definition) is 2. The quantitative estimate of drug-likeness (QED) is 0.365. The number of carbonyl (C=O) groups is 2. The number of nitrogens with one attached hydrogen (secondary N) is 1. The summed E-state index contributed by atoms with van der Waals surface area (Å²) in [4.78, 5) is 27.8. The molecule has 1 aromatic carbocycles. The van der Waals surface area contributed by atoms with E-state index >= 15 is 0 Å². The molecule has 0 fully saturated rings. The van der Waals surface area contributed by atoms with Crippen LogP contribution in [0.15, 0.2) is 30.3 Å². The van der Waals surface area contributed by atoms with Gasteiger partial charge in [-0.1, -0.05) is 65.0 Å². The number of likely N-dealkylation sites (N-methyl/N-ethyl adjacent to an activating group) is 1. The SMILES string of the molecule is CC(C)CCN(C[C@@H](O)[C@H](Cc1ccccc1)NC(=O)[C@@H](CC(=O)CN(C)C)C(C)(C)C)S(C)(=O)=O. The fourth-order valence-corrected chi connectivity index (χ4v) is 4.86. The van der Waals surface area contributed by atoms with Gasteiger partial charge in [0.15, 0.2) is 0 Å². The topological polar surface area (TPSA) is 107 Å². The molecule has 3 atom stereocenters. The molecule has 0 aliphatic heterocycles. The first-order chi connectivity index (χ1) is 16.5. The maximum absolute atomic E-state index is 13.5. The van der Waals surface area contributed by atoms with Crippen LogP contribution in [0.5, 0.6) is 0 Å². The molecule has 0 heterocycles. The zero-order chi connectivity index (χ0) is 27.7. The Morgan fingerprint density at radius 2 is 1.67 bits per heavy atom. The molecule has 0 radical (unpaired) electrons. The van der Waals surface area contributed by atoms with Gasteiger partial charge >= 0.3 is 0 Å². The molecule has 0 saturated carbocycles. The Morgan fingerprint density at radius 3 is 2.14 bits per heavy atom. The first-order valence-corrected chi connectivity index (χ1v) is 14.5. The summed E-state index contributed by atoms with van der Waals surface area (Å²) >= 11 is 0. The van der Waals surface area contributed by atoms with Crippen molar-refractivity contribution in [3.63, 3.8) is 0 Å². The molecule has 2 N–H and O–H groups in total. The van der Waals surface area contributed by atoms with Gasteiger partial charge in [0.25, 0.3) is 0 Å². The van der Waals surface area contributed by atoms with Gasteiger partial charge in [0.2, 0.25) is 15.9 Å². The molecule has 0 spiro atoms. The Hall–Kier alpha value is -1.81. The van der Waals surface area contributed by atoms with E-state index in [-0.39, 0.29) is 31.2 Å². The Morgan fingerprint density at radius 1 is 1.08 bits per heavy atom. The van der Waals surface area contributed by atoms with Crippen molar-refractivity contribution in [2.45, 2.75) is 66.0 Å². The summed E-state index contributed by atoms with van der Waals surface area (Å²) in [7, 11) is 0.0711. The second kappa shape index (κ2) is 14.2. The van der Waals surface area contributed by atoms with E-state index in [0.29, 0.717) is 25.3 Å². The number of hydrogen-bond acceptors (Lipinski definition) is 6. The van der Waals surface area contributed by atoms with Crippen LogP contribution in [-0.2, 0) is 26.0 Å². The molecule has 36 heavy (non-hydrogen) atoms. The highest BCUT2D eigenvalue weighted by molar-refractivity contribution is 7.88. The van der Waals surface area contributed by atoms with Crippen LogP contribution < -0.4 is 5.32 Å². The van der Waals surface area contributed by atoms with Crippen molar-refractivity contribution in [2.75, 3.05) is 40.0 Å². The molecule has 0 aromatic heterocycles. The zero-order valence-electron chi connectivity index (χ0n) is 23.3. The first kappa shape index (κ1) is 32.2. The van der Waals surface area contributed by atoms with Gasteiger partial charge < -0.3 is 15.3 Å². The van der Waals surface area contributed by atoms with Crippen LogP contribution in [0.2, 0.25) is 0 Å².